The van der Waals surface area contributed by atoms with Gasteiger partial charge in [-0.2, -0.15) is 0 Å². The number of benzene rings is 2. The van der Waals surface area contributed by atoms with Crippen molar-refractivity contribution in [3.63, 3.8) is 0 Å². The molecule has 37 heavy (non-hydrogen) atoms. The first-order valence-corrected chi connectivity index (χ1v) is 13.8. The summed E-state index contributed by atoms with van der Waals surface area (Å²) >= 11 is 9.74. The highest BCUT2D eigenvalue weighted by Gasteiger charge is 2.43. The van der Waals surface area contributed by atoms with E-state index in [0.717, 1.165) is 53.7 Å². The van der Waals surface area contributed by atoms with Crippen molar-refractivity contribution in [3.05, 3.63) is 80.1 Å². The fraction of sp³-hybridized carbons (Fsp3) is 0.345. The van der Waals surface area contributed by atoms with Crippen LogP contribution in [0, 0.1) is 0 Å². The lowest BCUT2D eigenvalue weighted by Crippen LogP contribution is -2.39. The zero-order valence-electron chi connectivity index (χ0n) is 20.6. The Kier molecular flexibility index (Phi) is 7.54. The predicted molar refractivity (Wildman–Crippen MR) is 147 cm³/mol. The third kappa shape index (κ3) is 4.99. The van der Waals surface area contributed by atoms with Crippen molar-refractivity contribution in [1.29, 1.82) is 0 Å². The SMILES string of the molecule is CCN1C2=C(C(=O)CCC2)C(c2cc(Br)ccc2OCC(=O)Nc2ccccc2Cl)C2=C1CCCC2=O. The van der Waals surface area contributed by atoms with E-state index in [1.807, 2.05) is 12.1 Å². The van der Waals surface area contributed by atoms with E-state index in [0.29, 0.717) is 40.4 Å². The minimum absolute atomic E-state index is 0.0806. The van der Waals surface area contributed by atoms with Gasteiger partial charge in [-0.15, -0.1) is 0 Å². The molecule has 1 heterocycles. The summed E-state index contributed by atoms with van der Waals surface area (Å²) in [5.74, 6) is -0.227. The largest absolute Gasteiger partial charge is 0.483 e. The average molecular weight is 584 g/mol. The van der Waals surface area contributed by atoms with Crippen LogP contribution in [0.1, 0.15) is 56.9 Å². The number of Topliss-reactive ketones (excluding diaryl/α,β-unsaturated/α-hetero) is 2. The number of carbonyl (C=O) groups is 3. The number of para-hydroxylation sites is 1. The lowest BCUT2D eigenvalue weighted by molar-refractivity contribution is -0.119. The van der Waals surface area contributed by atoms with Crippen LogP contribution in [0.2, 0.25) is 5.02 Å². The maximum Gasteiger partial charge on any atom is 0.262 e. The van der Waals surface area contributed by atoms with Crippen LogP contribution in [-0.2, 0) is 14.4 Å². The Morgan fingerprint density at radius 3 is 2.30 bits per heavy atom. The maximum absolute atomic E-state index is 13.4. The van der Waals surface area contributed by atoms with Crippen molar-refractivity contribution in [2.45, 2.75) is 51.4 Å². The predicted octanol–water partition coefficient (Wildman–Crippen LogP) is 6.55. The first-order chi connectivity index (χ1) is 17.9. The molecule has 192 valence electrons. The Morgan fingerprint density at radius 1 is 1.03 bits per heavy atom. The molecule has 0 fully saturated rings. The third-order valence-electron chi connectivity index (χ3n) is 7.19. The second kappa shape index (κ2) is 10.8. The highest BCUT2D eigenvalue weighted by molar-refractivity contribution is 9.10. The van der Waals surface area contributed by atoms with Gasteiger partial charge >= 0.3 is 0 Å². The summed E-state index contributed by atoms with van der Waals surface area (Å²) in [5.41, 5.74) is 4.68. The van der Waals surface area contributed by atoms with Crippen LogP contribution in [0.3, 0.4) is 0 Å². The van der Waals surface area contributed by atoms with E-state index in [1.165, 1.54) is 0 Å². The Labute approximate surface area is 229 Å². The van der Waals surface area contributed by atoms with E-state index in [9.17, 15) is 14.4 Å². The van der Waals surface area contributed by atoms with Crippen molar-refractivity contribution < 1.29 is 19.1 Å². The Hall–Kier alpha value is -2.90. The van der Waals surface area contributed by atoms with E-state index >= 15 is 0 Å². The van der Waals surface area contributed by atoms with Gasteiger partial charge in [-0.05, 0) is 62.9 Å². The minimum atomic E-state index is -0.507. The molecular weight excluding hydrogens is 556 g/mol. The maximum atomic E-state index is 13.4. The minimum Gasteiger partial charge on any atom is -0.483 e. The number of halogens is 2. The van der Waals surface area contributed by atoms with Crippen LogP contribution >= 0.6 is 27.5 Å². The molecule has 8 heteroatoms. The lowest BCUT2D eigenvalue weighted by atomic mass is 9.70. The van der Waals surface area contributed by atoms with Crippen LogP contribution in [0.4, 0.5) is 5.69 Å². The molecule has 2 aromatic carbocycles. The number of rotatable bonds is 6. The first kappa shape index (κ1) is 25.7. The second-order valence-electron chi connectivity index (χ2n) is 9.45. The standard InChI is InChI=1S/C29H28BrClN2O4/c1-2-33-21-9-5-11-23(34)28(21)27(29-22(33)10-6-12-24(29)35)18-15-17(30)13-14-25(18)37-16-26(36)32-20-8-4-3-7-19(20)31/h3-4,7-8,13-15,27H,2,5-6,9-12,16H2,1H3,(H,32,36). The number of allylic oxidation sites excluding steroid dienone is 4. The molecule has 2 aromatic rings. The number of hydrogen-bond donors (Lipinski definition) is 1. The van der Waals surface area contributed by atoms with Crippen molar-refractivity contribution in [3.8, 4) is 5.75 Å². The van der Waals surface area contributed by atoms with Gasteiger partial charge in [0.15, 0.2) is 18.2 Å². The number of ether oxygens (including phenoxy) is 1. The molecule has 6 nitrogen and oxygen atoms in total. The number of carbonyl (C=O) groups excluding carboxylic acids is 3. The molecule has 0 saturated carbocycles. The zero-order chi connectivity index (χ0) is 26.1. The molecular formula is C29H28BrClN2O4. The van der Waals surface area contributed by atoms with Gasteiger partial charge in [0.25, 0.3) is 5.91 Å². The quantitative estimate of drug-likeness (QED) is 0.417. The van der Waals surface area contributed by atoms with Gasteiger partial charge in [-0.3, -0.25) is 14.4 Å². The summed E-state index contributed by atoms with van der Waals surface area (Å²) in [4.78, 5) is 41.7. The zero-order valence-corrected chi connectivity index (χ0v) is 23.0. The summed E-state index contributed by atoms with van der Waals surface area (Å²) in [7, 11) is 0. The topological polar surface area (TPSA) is 75.7 Å². The van der Waals surface area contributed by atoms with E-state index in [-0.39, 0.29) is 24.1 Å². The van der Waals surface area contributed by atoms with Crippen LogP contribution < -0.4 is 10.1 Å². The molecule has 0 unspecified atom stereocenters. The molecule has 1 aliphatic heterocycles. The lowest BCUT2D eigenvalue weighted by Gasteiger charge is -2.43. The van der Waals surface area contributed by atoms with Gasteiger partial charge in [0.2, 0.25) is 0 Å². The fourth-order valence-electron chi connectivity index (χ4n) is 5.68. The number of hydrogen-bond acceptors (Lipinski definition) is 5. The molecule has 1 amide bonds. The highest BCUT2D eigenvalue weighted by atomic mass is 79.9. The van der Waals surface area contributed by atoms with Crippen LogP contribution in [-0.4, -0.2) is 35.5 Å². The average Bonchev–Trinajstić information content (AvgIpc) is 2.88. The molecule has 0 aromatic heterocycles. The summed E-state index contributed by atoms with van der Waals surface area (Å²) in [5, 5.41) is 3.21. The van der Waals surface area contributed by atoms with Crippen LogP contribution in [0.5, 0.6) is 5.75 Å². The summed E-state index contributed by atoms with van der Waals surface area (Å²) in [6, 6.07) is 12.5. The number of anilines is 1. The van der Waals surface area contributed by atoms with Gasteiger partial charge in [0.1, 0.15) is 5.75 Å². The van der Waals surface area contributed by atoms with Gasteiger partial charge in [-0.25, -0.2) is 0 Å². The van der Waals surface area contributed by atoms with E-state index < -0.39 is 5.92 Å². The highest BCUT2D eigenvalue weighted by Crippen LogP contribution is 2.51. The van der Waals surface area contributed by atoms with E-state index in [2.05, 4.69) is 33.1 Å². The smallest absolute Gasteiger partial charge is 0.262 e. The summed E-state index contributed by atoms with van der Waals surface area (Å²) in [6.07, 6.45) is 4.16. The van der Waals surface area contributed by atoms with Crippen LogP contribution in [0.25, 0.3) is 0 Å². The molecule has 1 N–H and O–H groups in total. The molecule has 0 radical (unpaired) electrons. The first-order valence-electron chi connectivity index (χ1n) is 12.7. The number of nitrogens with zero attached hydrogens (tertiary/aromatic N) is 1. The van der Waals surface area contributed by atoms with Crippen molar-refractivity contribution in [2.75, 3.05) is 18.5 Å². The number of ketones is 2. The molecule has 0 spiro atoms. The molecule has 5 rings (SSSR count). The molecule has 0 bridgehead atoms. The van der Waals surface area contributed by atoms with Crippen molar-refractivity contribution in [1.82, 2.24) is 4.90 Å². The molecule has 0 saturated heterocycles. The third-order valence-corrected chi connectivity index (χ3v) is 8.02. The van der Waals surface area contributed by atoms with Gasteiger partial charge in [-0.1, -0.05) is 39.7 Å². The normalized spacial score (nSPS) is 18.1. The van der Waals surface area contributed by atoms with E-state index in [4.69, 9.17) is 16.3 Å². The van der Waals surface area contributed by atoms with Crippen molar-refractivity contribution >= 4 is 50.7 Å². The Balaban J connectivity index is 1.54. The van der Waals surface area contributed by atoms with Gasteiger partial charge in [0.05, 0.1) is 10.7 Å². The second-order valence-corrected chi connectivity index (χ2v) is 10.8. The summed E-state index contributed by atoms with van der Waals surface area (Å²) in [6.45, 7) is 2.54. The number of amides is 1. The van der Waals surface area contributed by atoms with Crippen LogP contribution in [0.15, 0.2) is 69.5 Å². The van der Waals surface area contributed by atoms with Gasteiger partial charge < -0.3 is 15.0 Å². The number of nitrogens with one attached hydrogen (secondary N) is 1. The fourth-order valence-corrected chi connectivity index (χ4v) is 6.24. The van der Waals surface area contributed by atoms with Crippen molar-refractivity contribution in [2.24, 2.45) is 0 Å². The summed E-state index contributed by atoms with van der Waals surface area (Å²) < 4.78 is 6.85. The molecule has 2 aliphatic carbocycles. The molecule has 0 atom stereocenters. The Bertz CT molecular complexity index is 1310. The monoisotopic (exact) mass is 582 g/mol. The van der Waals surface area contributed by atoms with Gasteiger partial charge in [0, 0.05) is 57.9 Å². The van der Waals surface area contributed by atoms with E-state index in [1.54, 1.807) is 30.3 Å². The molecule has 3 aliphatic rings. The Morgan fingerprint density at radius 2 is 1.68 bits per heavy atom.